The molecule has 0 atom stereocenters. The van der Waals surface area contributed by atoms with Gasteiger partial charge in [-0.1, -0.05) is 30.3 Å². The number of aromatic nitrogens is 8. The Balaban J connectivity index is 1.19. The number of nitrogens with zero attached hydrogens (tertiary/aromatic N) is 10. The third-order valence-electron chi connectivity index (χ3n) is 7.75. The molecule has 47 heavy (non-hydrogen) atoms. The van der Waals surface area contributed by atoms with Crippen LogP contribution in [0.1, 0.15) is 19.3 Å². The van der Waals surface area contributed by atoms with Crippen molar-refractivity contribution in [2.75, 3.05) is 27.9 Å². The quantitative estimate of drug-likeness (QED) is 0.157. The van der Waals surface area contributed by atoms with Crippen molar-refractivity contribution in [2.24, 2.45) is 0 Å². The molecule has 6 aromatic rings. The smallest absolute Gasteiger partial charge is 0.235 e. The third kappa shape index (κ3) is 6.62. The van der Waals surface area contributed by atoms with Crippen LogP contribution in [-0.4, -0.2) is 52.5 Å². The van der Waals surface area contributed by atoms with Crippen molar-refractivity contribution in [1.82, 2.24) is 39.9 Å². The zero-order valence-corrected chi connectivity index (χ0v) is 25.4. The molecule has 13 nitrogen and oxygen atoms in total. The molecule has 13 heteroatoms. The molecular weight excluding hydrogens is 590 g/mol. The van der Waals surface area contributed by atoms with Gasteiger partial charge in [0.1, 0.15) is 5.54 Å². The molecule has 0 radical (unpaired) electrons. The van der Waals surface area contributed by atoms with E-state index in [0.29, 0.717) is 35.4 Å². The van der Waals surface area contributed by atoms with Gasteiger partial charge in [0.25, 0.3) is 0 Å². The van der Waals surface area contributed by atoms with E-state index in [2.05, 4.69) is 42.0 Å². The number of pyridine rings is 2. The summed E-state index contributed by atoms with van der Waals surface area (Å²) in [7, 11) is 1.90. The first-order chi connectivity index (χ1) is 23.1. The van der Waals surface area contributed by atoms with E-state index in [9.17, 15) is 5.26 Å². The van der Waals surface area contributed by atoms with Crippen LogP contribution < -0.4 is 20.9 Å². The van der Waals surface area contributed by atoms with Crippen LogP contribution in [0, 0.1) is 11.3 Å². The van der Waals surface area contributed by atoms with E-state index < -0.39 is 5.54 Å². The first kappa shape index (κ1) is 29.2. The van der Waals surface area contributed by atoms with Crippen LogP contribution >= 0.6 is 0 Å². The Kier molecular flexibility index (Phi) is 7.96. The van der Waals surface area contributed by atoms with E-state index in [1.165, 1.54) is 0 Å². The van der Waals surface area contributed by atoms with E-state index in [1.54, 1.807) is 24.8 Å². The molecule has 0 amide bonds. The molecule has 7 rings (SSSR count). The van der Waals surface area contributed by atoms with Gasteiger partial charge in [0.15, 0.2) is 11.6 Å². The monoisotopic (exact) mass is 619 g/mol. The molecule has 1 fully saturated rings. The fourth-order valence-corrected chi connectivity index (χ4v) is 4.99. The van der Waals surface area contributed by atoms with Gasteiger partial charge < -0.3 is 20.9 Å². The second kappa shape index (κ2) is 12.8. The fraction of sp³-hybridized carbons (Fsp3) is 0.147. The minimum absolute atomic E-state index is 0.335. The first-order valence-corrected chi connectivity index (χ1v) is 15.0. The highest BCUT2D eigenvalue weighted by Gasteiger charge is 2.38. The number of hydrogen-bond acceptors (Lipinski definition) is 13. The van der Waals surface area contributed by atoms with Gasteiger partial charge in [0.05, 0.1) is 6.07 Å². The summed E-state index contributed by atoms with van der Waals surface area (Å²) in [4.78, 5) is 38.2. The van der Waals surface area contributed by atoms with Crippen LogP contribution in [0.15, 0.2) is 104 Å². The molecule has 0 bridgehead atoms. The zero-order chi connectivity index (χ0) is 32.1. The standard InChI is InChI=1S/C34H29N13/c1-47(33-43-29(23-6-3-2-4-7-23)41-31(45-33)39-26-14-20-37-21-15-26)27-10-8-24(9-11-27)28-40-30(38-25-12-18-36-19-13-25)44-32(42-28)46-34(22-35)16-5-17-34/h2-4,6-15,18-21H,5,16-17H2,1H3,(H,37,39,41,43,45)(H2,36,38,40,42,44,46). The summed E-state index contributed by atoms with van der Waals surface area (Å²) < 4.78 is 0. The minimum Gasteiger partial charge on any atom is -0.336 e. The maximum atomic E-state index is 9.81. The number of rotatable bonds is 10. The van der Waals surface area contributed by atoms with E-state index in [1.807, 2.05) is 90.8 Å². The number of benzene rings is 2. The predicted molar refractivity (Wildman–Crippen MR) is 179 cm³/mol. The van der Waals surface area contributed by atoms with Crippen molar-refractivity contribution >= 4 is 40.9 Å². The average molecular weight is 620 g/mol. The molecule has 1 aliphatic rings. The van der Waals surface area contributed by atoms with Gasteiger partial charge >= 0.3 is 0 Å². The van der Waals surface area contributed by atoms with Crippen molar-refractivity contribution in [3.63, 3.8) is 0 Å². The van der Waals surface area contributed by atoms with Crippen LogP contribution in [0.3, 0.4) is 0 Å². The largest absolute Gasteiger partial charge is 0.336 e. The highest BCUT2D eigenvalue weighted by atomic mass is 15.3. The van der Waals surface area contributed by atoms with E-state index >= 15 is 0 Å². The van der Waals surface area contributed by atoms with Gasteiger partial charge in [-0.15, -0.1) is 0 Å². The number of anilines is 7. The lowest BCUT2D eigenvalue weighted by molar-refractivity contribution is 0.354. The Morgan fingerprint density at radius 1 is 0.638 bits per heavy atom. The molecule has 4 heterocycles. The van der Waals surface area contributed by atoms with Gasteiger partial charge in [0.2, 0.25) is 23.8 Å². The molecule has 0 aliphatic heterocycles. The van der Waals surface area contributed by atoms with E-state index in [-0.39, 0.29) is 0 Å². The van der Waals surface area contributed by atoms with Crippen molar-refractivity contribution < 1.29 is 0 Å². The lowest BCUT2D eigenvalue weighted by Crippen LogP contribution is -2.44. The van der Waals surface area contributed by atoms with Gasteiger partial charge in [-0.3, -0.25) is 9.97 Å². The lowest BCUT2D eigenvalue weighted by atomic mass is 9.78. The summed E-state index contributed by atoms with van der Waals surface area (Å²) in [5.41, 5.74) is 3.40. The summed E-state index contributed by atoms with van der Waals surface area (Å²) in [6.07, 6.45) is 9.23. The van der Waals surface area contributed by atoms with Crippen LogP contribution in [0.2, 0.25) is 0 Å². The van der Waals surface area contributed by atoms with Crippen molar-refractivity contribution in [3.8, 4) is 28.8 Å². The van der Waals surface area contributed by atoms with Crippen LogP contribution in [0.4, 0.5) is 40.9 Å². The van der Waals surface area contributed by atoms with Crippen molar-refractivity contribution in [3.05, 3.63) is 104 Å². The van der Waals surface area contributed by atoms with E-state index in [0.717, 1.165) is 47.5 Å². The molecular formula is C34H29N13. The molecule has 0 saturated heterocycles. The second-order valence-electron chi connectivity index (χ2n) is 11.0. The first-order valence-electron chi connectivity index (χ1n) is 15.0. The molecule has 0 spiro atoms. The lowest BCUT2D eigenvalue weighted by Gasteiger charge is -2.35. The number of nitrogens with one attached hydrogen (secondary N) is 3. The van der Waals surface area contributed by atoms with Gasteiger partial charge in [0, 0.05) is 60.0 Å². The SMILES string of the molecule is CN(c1ccc(-c2nc(Nc3ccncc3)nc(NC3(C#N)CCC3)n2)cc1)c1nc(Nc2ccncc2)nc(-c2ccccc2)n1. The van der Waals surface area contributed by atoms with E-state index in [4.69, 9.17) is 19.9 Å². The summed E-state index contributed by atoms with van der Waals surface area (Å²) >= 11 is 0. The molecule has 0 unspecified atom stereocenters. The highest BCUT2D eigenvalue weighted by Crippen LogP contribution is 2.35. The Hall–Kier alpha value is -6.55. The summed E-state index contributed by atoms with van der Waals surface area (Å²) in [6.45, 7) is 0. The summed E-state index contributed by atoms with van der Waals surface area (Å²) in [6, 6.07) is 27.3. The molecule has 3 N–H and O–H groups in total. The summed E-state index contributed by atoms with van der Waals surface area (Å²) in [5.74, 6) is 2.55. The molecule has 2 aromatic carbocycles. The van der Waals surface area contributed by atoms with Crippen molar-refractivity contribution in [2.45, 2.75) is 24.8 Å². The number of hydrogen-bond donors (Lipinski definition) is 3. The average Bonchev–Trinajstić information content (AvgIpc) is 3.10. The Morgan fingerprint density at radius 3 is 1.77 bits per heavy atom. The van der Waals surface area contributed by atoms with Gasteiger partial charge in [-0.2, -0.15) is 35.2 Å². The maximum Gasteiger partial charge on any atom is 0.235 e. The topological polar surface area (TPSA) is 166 Å². The Bertz CT molecular complexity index is 2010. The maximum absolute atomic E-state index is 9.81. The zero-order valence-electron chi connectivity index (χ0n) is 25.4. The van der Waals surface area contributed by atoms with Crippen LogP contribution in [0.25, 0.3) is 22.8 Å². The summed E-state index contributed by atoms with van der Waals surface area (Å²) in [5, 5.41) is 19.5. The predicted octanol–water partition coefficient (Wildman–Crippen LogP) is 6.29. The molecule has 4 aromatic heterocycles. The fourth-order valence-electron chi connectivity index (χ4n) is 4.99. The Labute approximate surface area is 270 Å². The second-order valence-corrected chi connectivity index (χ2v) is 11.0. The molecule has 1 saturated carbocycles. The van der Waals surface area contributed by atoms with Crippen LogP contribution in [-0.2, 0) is 0 Å². The molecule has 230 valence electrons. The van der Waals surface area contributed by atoms with Gasteiger partial charge in [-0.25, -0.2) is 0 Å². The van der Waals surface area contributed by atoms with Crippen molar-refractivity contribution in [1.29, 1.82) is 5.26 Å². The number of nitriles is 1. The molecule has 1 aliphatic carbocycles. The minimum atomic E-state index is -0.673. The highest BCUT2D eigenvalue weighted by molar-refractivity contribution is 5.68. The third-order valence-corrected chi connectivity index (χ3v) is 7.75. The normalized spacial score (nSPS) is 13.1. The van der Waals surface area contributed by atoms with Crippen LogP contribution in [0.5, 0.6) is 0 Å². The van der Waals surface area contributed by atoms with Gasteiger partial charge in [-0.05, 0) is 67.8 Å². The Morgan fingerprint density at radius 2 is 1.19 bits per heavy atom.